The molecule has 1 heterocycles. The van der Waals surface area contributed by atoms with E-state index in [0.717, 1.165) is 31.6 Å². The third kappa shape index (κ3) is 2.76. The Bertz CT molecular complexity index is 384. The van der Waals surface area contributed by atoms with Crippen molar-refractivity contribution in [2.24, 2.45) is 11.7 Å². The maximum absolute atomic E-state index is 13.6. The molecule has 1 unspecified atom stereocenters. The molecule has 17 heavy (non-hydrogen) atoms. The van der Waals surface area contributed by atoms with Crippen molar-refractivity contribution in [3.63, 3.8) is 0 Å². The molecule has 1 aliphatic rings. The first-order valence-electron chi connectivity index (χ1n) is 6.09. The fourth-order valence-electron chi connectivity index (χ4n) is 2.35. The van der Waals surface area contributed by atoms with E-state index in [1.807, 2.05) is 6.07 Å². The summed E-state index contributed by atoms with van der Waals surface area (Å²) in [7, 11) is 0. The summed E-state index contributed by atoms with van der Waals surface area (Å²) in [5, 5.41) is 9.18. The van der Waals surface area contributed by atoms with Crippen molar-refractivity contribution in [1.29, 1.82) is 0 Å². The topological polar surface area (TPSA) is 49.5 Å². The van der Waals surface area contributed by atoms with Crippen LogP contribution in [0, 0.1) is 11.7 Å². The van der Waals surface area contributed by atoms with Crippen LogP contribution in [0.1, 0.15) is 18.4 Å². The predicted molar refractivity (Wildman–Crippen MR) is 66.3 cm³/mol. The van der Waals surface area contributed by atoms with E-state index in [4.69, 9.17) is 5.73 Å². The minimum absolute atomic E-state index is 0.208. The lowest BCUT2D eigenvalue weighted by Gasteiger charge is -2.33. The van der Waals surface area contributed by atoms with E-state index >= 15 is 0 Å². The SMILES string of the molecule is NCc1ccc(N2CCCC(CO)C2)cc1F. The van der Waals surface area contributed by atoms with Crippen LogP contribution >= 0.6 is 0 Å². The van der Waals surface area contributed by atoms with E-state index in [9.17, 15) is 9.50 Å². The van der Waals surface area contributed by atoms with Crippen molar-refractivity contribution in [2.75, 3.05) is 24.6 Å². The molecule has 1 atom stereocenters. The molecule has 94 valence electrons. The number of anilines is 1. The highest BCUT2D eigenvalue weighted by molar-refractivity contribution is 5.48. The second-order valence-corrected chi connectivity index (χ2v) is 4.62. The van der Waals surface area contributed by atoms with Gasteiger partial charge in [0, 0.05) is 37.5 Å². The van der Waals surface area contributed by atoms with Gasteiger partial charge in [0.25, 0.3) is 0 Å². The molecule has 0 radical (unpaired) electrons. The van der Waals surface area contributed by atoms with E-state index in [0.29, 0.717) is 11.5 Å². The molecule has 0 spiro atoms. The van der Waals surface area contributed by atoms with Gasteiger partial charge in [0.2, 0.25) is 0 Å². The fraction of sp³-hybridized carbons (Fsp3) is 0.538. The van der Waals surface area contributed by atoms with Gasteiger partial charge in [-0.05, 0) is 30.9 Å². The van der Waals surface area contributed by atoms with E-state index < -0.39 is 0 Å². The first-order chi connectivity index (χ1) is 8.24. The zero-order chi connectivity index (χ0) is 12.3. The van der Waals surface area contributed by atoms with Crippen LogP contribution in [0.2, 0.25) is 0 Å². The Kier molecular flexibility index (Phi) is 3.97. The van der Waals surface area contributed by atoms with Gasteiger partial charge in [0.15, 0.2) is 0 Å². The van der Waals surface area contributed by atoms with Crippen LogP contribution in [0.4, 0.5) is 10.1 Å². The Morgan fingerprint density at radius 3 is 2.94 bits per heavy atom. The van der Waals surface area contributed by atoms with E-state index in [2.05, 4.69) is 4.90 Å². The Morgan fingerprint density at radius 2 is 2.29 bits per heavy atom. The number of halogens is 1. The van der Waals surface area contributed by atoms with Crippen LogP contribution in [0.25, 0.3) is 0 Å². The number of benzene rings is 1. The Morgan fingerprint density at radius 1 is 1.47 bits per heavy atom. The summed E-state index contributed by atoms with van der Waals surface area (Å²) in [5.41, 5.74) is 6.87. The monoisotopic (exact) mass is 238 g/mol. The summed E-state index contributed by atoms with van der Waals surface area (Å²) in [6.07, 6.45) is 2.10. The maximum atomic E-state index is 13.6. The lowest BCUT2D eigenvalue weighted by molar-refractivity contribution is 0.208. The molecule has 1 aliphatic heterocycles. The molecule has 3 N–H and O–H groups in total. The molecule has 3 nitrogen and oxygen atoms in total. The minimum Gasteiger partial charge on any atom is -0.396 e. The van der Waals surface area contributed by atoms with Crippen LogP contribution < -0.4 is 10.6 Å². The Hall–Kier alpha value is -1.13. The lowest BCUT2D eigenvalue weighted by Crippen LogP contribution is -2.36. The Balaban J connectivity index is 2.13. The van der Waals surface area contributed by atoms with Crippen molar-refractivity contribution < 1.29 is 9.50 Å². The average molecular weight is 238 g/mol. The fourth-order valence-corrected chi connectivity index (χ4v) is 2.35. The number of hydrogen-bond donors (Lipinski definition) is 2. The Labute approximate surface area is 101 Å². The number of nitrogens with zero attached hydrogens (tertiary/aromatic N) is 1. The average Bonchev–Trinajstić information content (AvgIpc) is 2.38. The van der Waals surface area contributed by atoms with Crippen LogP contribution in [-0.2, 0) is 6.54 Å². The highest BCUT2D eigenvalue weighted by atomic mass is 19.1. The van der Waals surface area contributed by atoms with Crippen molar-refractivity contribution in [3.05, 3.63) is 29.6 Å². The van der Waals surface area contributed by atoms with Crippen LogP contribution in [0.3, 0.4) is 0 Å². The van der Waals surface area contributed by atoms with E-state index in [-0.39, 0.29) is 19.0 Å². The standard InChI is InChI=1S/C13H19FN2O/c14-13-6-12(4-3-11(13)7-15)16-5-1-2-10(8-16)9-17/h3-4,6,10,17H,1-2,5,7-9,15H2. The van der Waals surface area contributed by atoms with Gasteiger partial charge in [0.05, 0.1) is 0 Å². The van der Waals surface area contributed by atoms with Gasteiger partial charge in [-0.2, -0.15) is 0 Å². The summed E-state index contributed by atoms with van der Waals surface area (Å²) < 4.78 is 13.6. The molecule has 1 aromatic carbocycles. The highest BCUT2D eigenvalue weighted by Gasteiger charge is 2.19. The molecule has 2 rings (SSSR count). The zero-order valence-electron chi connectivity index (χ0n) is 9.90. The third-order valence-electron chi connectivity index (χ3n) is 3.40. The van der Waals surface area contributed by atoms with Gasteiger partial charge < -0.3 is 15.7 Å². The number of hydrogen-bond acceptors (Lipinski definition) is 3. The van der Waals surface area contributed by atoms with Gasteiger partial charge >= 0.3 is 0 Å². The van der Waals surface area contributed by atoms with Gasteiger partial charge in [-0.25, -0.2) is 4.39 Å². The number of nitrogens with two attached hydrogens (primary N) is 1. The summed E-state index contributed by atoms with van der Waals surface area (Å²) in [4.78, 5) is 2.13. The van der Waals surface area contributed by atoms with Crippen LogP contribution in [0.5, 0.6) is 0 Å². The zero-order valence-corrected chi connectivity index (χ0v) is 9.90. The molecule has 1 fully saturated rings. The van der Waals surface area contributed by atoms with Crippen molar-refractivity contribution in [1.82, 2.24) is 0 Å². The molecular formula is C13H19FN2O. The molecule has 0 bridgehead atoms. The first kappa shape index (κ1) is 12.3. The predicted octanol–water partition coefficient (Wildman–Crippen LogP) is 1.49. The van der Waals surface area contributed by atoms with E-state index in [1.165, 1.54) is 0 Å². The van der Waals surface area contributed by atoms with Gasteiger partial charge in [-0.15, -0.1) is 0 Å². The summed E-state index contributed by atoms with van der Waals surface area (Å²) in [6.45, 7) is 2.17. The van der Waals surface area contributed by atoms with Gasteiger partial charge in [-0.3, -0.25) is 0 Å². The van der Waals surface area contributed by atoms with Crippen molar-refractivity contribution in [2.45, 2.75) is 19.4 Å². The number of aliphatic hydroxyl groups is 1. The second kappa shape index (κ2) is 5.47. The molecule has 4 heteroatoms. The largest absolute Gasteiger partial charge is 0.396 e. The maximum Gasteiger partial charge on any atom is 0.129 e. The third-order valence-corrected chi connectivity index (χ3v) is 3.40. The van der Waals surface area contributed by atoms with Crippen molar-refractivity contribution >= 4 is 5.69 Å². The van der Waals surface area contributed by atoms with Crippen molar-refractivity contribution in [3.8, 4) is 0 Å². The molecule has 0 aromatic heterocycles. The van der Waals surface area contributed by atoms with Crippen LogP contribution in [0.15, 0.2) is 18.2 Å². The second-order valence-electron chi connectivity index (χ2n) is 4.62. The molecule has 0 amide bonds. The smallest absolute Gasteiger partial charge is 0.129 e. The summed E-state index contributed by atoms with van der Waals surface area (Å²) >= 11 is 0. The summed E-state index contributed by atoms with van der Waals surface area (Å²) in [5.74, 6) is 0.0668. The molecule has 0 saturated carbocycles. The van der Waals surface area contributed by atoms with Gasteiger partial charge in [0.1, 0.15) is 5.82 Å². The van der Waals surface area contributed by atoms with Crippen LogP contribution in [-0.4, -0.2) is 24.8 Å². The molecule has 1 aromatic rings. The quantitative estimate of drug-likeness (QED) is 0.839. The highest BCUT2D eigenvalue weighted by Crippen LogP contribution is 2.24. The first-order valence-corrected chi connectivity index (χ1v) is 6.09. The molecular weight excluding hydrogens is 219 g/mol. The summed E-state index contributed by atoms with van der Waals surface area (Å²) in [6, 6.07) is 5.19. The molecule has 0 aliphatic carbocycles. The normalized spacial score (nSPS) is 20.6. The number of aliphatic hydroxyl groups excluding tert-OH is 1. The van der Waals surface area contributed by atoms with Gasteiger partial charge in [-0.1, -0.05) is 6.07 Å². The van der Waals surface area contributed by atoms with E-state index in [1.54, 1.807) is 12.1 Å². The minimum atomic E-state index is -0.240. The number of rotatable bonds is 3. The number of piperidine rings is 1. The molecule has 1 saturated heterocycles. The lowest BCUT2D eigenvalue weighted by atomic mass is 9.98.